The van der Waals surface area contributed by atoms with Gasteiger partial charge in [0.2, 0.25) is 5.91 Å². The molecule has 0 saturated carbocycles. The summed E-state index contributed by atoms with van der Waals surface area (Å²) >= 11 is 11.5. The fourth-order valence-corrected chi connectivity index (χ4v) is 1.51. The lowest BCUT2D eigenvalue weighted by molar-refractivity contribution is -0.148. The summed E-state index contributed by atoms with van der Waals surface area (Å²) in [6, 6.07) is 4.67. The highest BCUT2D eigenvalue weighted by molar-refractivity contribution is 6.42. The van der Waals surface area contributed by atoms with Crippen molar-refractivity contribution in [1.29, 1.82) is 0 Å². The number of benzene rings is 1. The third-order valence-corrected chi connectivity index (χ3v) is 2.61. The highest BCUT2D eigenvalue weighted by Gasteiger charge is 2.12. The van der Waals surface area contributed by atoms with Crippen LogP contribution in [0.1, 0.15) is 20.3 Å². The van der Waals surface area contributed by atoms with Crippen LogP contribution in [-0.4, -0.2) is 18.0 Å². The molecule has 0 spiro atoms. The molecule has 0 atom stereocenters. The minimum atomic E-state index is -0.567. The summed E-state index contributed by atoms with van der Waals surface area (Å²) in [7, 11) is 0. The van der Waals surface area contributed by atoms with Gasteiger partial charge in [-0.25, -0.2) is 0 Å². The van der Waals surface area contributed by atoms with Crippen molar-refractivity contribution in [2.24, 2.45) is 0 Å². The van der Waals surface area contributed by atoms with Crippen LogP contribution in [-0.2, 0) is 14.3 Å². The molecule has 6 heteroatoms. The Kier molecular flexibility index (Phi) is 5.44. The molecule has 18 heavy (non-hydrogen) atoms. The fraction of sp³-hybridized carbons (Fsp3) is 0.333. The molecule has 0 fully saturated rings. The molecule has 1 rings (SSSR count). The Bertz CT molecular complexity index is 461. The lowest BCUT2D eigenvalue weighted by atomic mass is 10.3. The van der Waals surface area contributed by atoms with Crippen LogP contribution in [0.15, 0.2) is 18.2 Å². The average molecular weight is 290 g/mol. The molecule has 0 aliphatic carbocycles. The number of anilines is 1. The van der Waals surface area contributed by atoms with Crippen molar-refractivity contribution in [3.8, 4) is 0 Å². The van der Waals surface area contributed by atoms with Crippen molar-refractivity contribution in [3.63, 3.8) is 0 Å². The van der Waals surface area contributed by atoms with Crippen LogP contribution in [0.25, 0.3) is 0 Å². The molecule has 1 aromatic rings. The lowest BCUT2D eigenvalue weighted by Gasteiger charge is -2.08. The van der Waals surface area contributed by atoms with Crippen LogP contribution in [0.2, 0.25) is 10.0 Å². The quantitative estimate of drug-likeness (QED) is 0.684. The molecule has 0 unspecified atom stereocenters. The summed E-state index contributed by atoms with van der Waals surface area (Å²) < 4.78 is 4.85. The number of halogens is 2. The summed E-state index contributed by atoms with van der Waals surface area (Å²) in [5.41, 5.74) is 0.478. The van der Waals surface area contributed by atoms with Gasteiger partial charge in [0.1, 0.15) is 6.42 Å². The standard InChI is InChI=1S/C12H13Cl2NO3/c1-7(2)18-12(17)6-11(16)15-8-3-4-9(13)10(14)5-8/h3-5,7H,6H2,1-2H3,(H,15,16). The number of hydrogen-bond donors (Lipinski definition) is 1. The van der Waals surface area contributed by atoms with Gasteiger partial charge in [0, 0.05) is 5.69 Å². The van der Waals surface area contributed by atoms with Crippen LogP contribution in [0.4, 0.5) is 5.69 Å². The summed E-state index contributed by atoms with van der Waals surface area (Å²) in [5, 5.41) is 3.26. The Morgan fingerprint density at radius 1 is 1.28 bits per heavy atom. The van der Waals surface area contributed by atoms with E-state index in [1.807, 2.05) is 0 Å². The van der Waals surface area contributed by atoms with Gasteiger partial charge in [-0.05, 0) is 32.0 Å². The van der Waals surface area contributed by atoms with Crippen LogP contribution in [0.3, 0.4) is 0 Å². The topological polar surface area (TPSA) is 55.4 Å². The number of esters is 1. The number of nitrogens with one attached hydrogen (secondary N) is 1. The van der Waals surface area contributed by atoms with Crippen LogP contribution in [0.5, 0.6) is 0 Å². The van der Waals surface area contributed by atoms with Crippen molar-refractivity contribution in [2.45, 2.75) is 26.4 Å². The summed E-state index contributed by atoms with van der Waals surface area (Å²) in [6.45, 7) is 3.43. The molecule has 1 amide bonds. The smallest absolute Gasteiger partial charge is 0.315 e. The molecular formula is C12H13Cl2NO3. The third-order valence-electron chi connectivity index (χ3n) is 1.88. The van der Waals surface area contributed by atoms with Crippen LogP contribution < -0.4 is 5.32 Å². The number of hydrogen-bond acceptors (Lipinski definition) is 3. The summed E-state index contributed by atoms with van der Waals surface area (Å²) in [5.74, 6) is -1.03. The maximum Gasteiger partial charge on any atom is 0.315 e. The van der Waals surface area contributed by atoms with Crippen LogP contribution >= 0.6 is 23.2 Å². The molecule has 1 N–H and O–H groups in total. The van der Waals surface area contributed by atoms with Crippen LogP contribution in [0, 0.1) is 0 Å². The van der Waals surface area contributed by atoms with Gasteiger partial charge in [0.15, 0.2) is 0 Å². The van der Waals surface area contributed by atoms with Gasteiger partial charge in [0.05, 0.1) is 16.1 Å². The van der Waals surface area contributed by atoms with E-state index in [0.29, 0.717) is 15.7 Å². The molecule has 0 heterocycles. The SMILES string of the molecule is CC(C)OC(=O)CC(=O)Nc1ccc(Cl)c(Cl)c1. The number of ether oxygens (including phenoxy) is 1. The first-order chi connectivity index (χ1) is 8.38. The highest BCUT2D eigenvalue weighted by atomic mass is 35.5. The molecule has 0 bridgehead atoms. The average Bonchev–Trinajstić information content (AvgIpc) is 2.21. The molecule has 1 aromatic carbocycles. The predicted octanol–water partition coefficient (Wildman–Crippen LogP) is 3.27. The number of carbonyl (C=O) groups excluding carboxylic acids is 2. The Balaban J connectivity index is 2.54. The van der Waals surface area contributed by atoms with Crippen molar-refractivity contribution in [3.05, 3.63) is 28.2 Å². The van der Waals surface area contributed by atoms with Gasteiger partial charge in [-0.15, -0.1) is 0 Å². The molecule has 0 saturated heterocycles. The largest absolute Gasteiger partial charge is 0.463 e. The second kappa shape index (κ2) is 6.61. The second-order valence-electron chi connectivity index (χ2n) is 3.89. The molecule has 98 valence electrons. The predicted molar refractivity (Wildman–Crippen MR) is 70.9 cm³/mol. The Labute approximate surface area is 115 Å². The van der Waals surface area contributed by atoms with E-state index < -0.39 is 11.9 Å². The van der Waals surface area contributed by atoms with Gasteiger partial charge in [-0.2, -0.15) is 0 Å². The molecule has 0 aliphatic heterocycles. The Morgan fingerprint density at radius 2 is 1.94 bits per heavy atom. The van der Waals surface area contributed by atoms with E-state index in [1.54, 1.807) is 26.0 Å². The van der Waals surface area contributed by atoms with E-state index in [9.17, 15) is 9.59 Å². The first-order valence-corrected chi connectivity index (χ1v) is 6.08. The van der Waals surface area contributed by atoms with E-state index >= 15 is 0 Å². The third kappa shape index (κ3) is 4.94. The minimum absolute atomic E-state index is 0.240. The van der Waals surface area contributed by atoms with Gasteiger partial charge < -0.3 is 10.1 Å². The zero-order valence-electron chi connectivity index (χ0n) is 10.00. The molecule has 0 aliphatic rings. The summed E-state index contributed by atoms with van der Waals surface area (Å²) in [4.78, 5) is 22.8. The fourth-order valence-electron chi connectivity index (χ4n) is 1.21. The Morgan fingerprint density at radius 3 is 2.50 bits per heavy atom. The van der Waals surface area contributed by atoms with E-state index in [1.165, 1.54) is 6.07 Å². The number of rotatable bonds is 4. The zero-order chi connectivity index (χ0) is 13.7. The number of amides is 1. The van der Waals surface area contributed by atoms with Crippen molar-refractivity contribution >= 4 is 40.8 Å². The van der Waals surface area contributed by atoms with Gasteiger partial charge in [-0.1, -0.05) is 23.2 Å². The van der Waals surface area contributed by atoms with Crippen molar-refractivity contribution in [2.75, 3.05) is 5.32 Å². The van der Waals surface area contributed by atoms with Gasteiger partial charge >= 0.3 is 5.97 Å². The number of carbonyl (C=O) groups is 2. The molecular weight excluding hydrogens is 277 g/mol. The van der Waals surface area contributed by atoms with Gasteiger partial charge in [-0.3, -0.25) is 9.59 Å². The maximum absolute atomic E-state index is 11.5. The van der Waals surface area contributed by atoms with E-state index in [4.69, 9.17) is 27.9 Å². The first kappa shape index (κ1) is 14.8. The minimum Gasteiger partial charge on any atom is -0.463 e. The lowest BCUT2D eigenvalue weighted by Crippen LogP contribution is -2.20. The monoisotopic (exact) mass is 289 g/mol. The second-order valence-corrected chi connectivity index (χ2v) is 4.71. The molecule has 0 radical (unpaired) electrons. The highest BCUT2D eigenvalue weighted by Crippen LogP contribution is 2.24. The van der Waals surface area contributed by atoms with Crippen molar-refractivity contribution < 1.29 is 14.3 Å². The van der Waals surface area contributed by atoms with E-state index in [-0.39, 0.29) is 12.5 Å². The Hall–Kier alpha value is -1.26. The van der Waals surface area contributed by atoms with Gasteiger partial charge in [0.25, 0.3) is 0 Å². The zero-order valence-corrected chi connectivity index (χ0v) is 11.5. The van der Waals surface area contributed by atoms with E-state index in [0.717, 1.165) is 0 Å². The van der Waals surface area contributed by atoms with Crippen molar-refractivity contribution in [1.82, 2.24) is 0 Å². The first-order valence-electron chi connectivity index (χ1n) is 5.33. The molecule has 4 nitrogen and oxygen atoms in total. The maximum atomic E-state index is 11.5. The molecule has 0 aromatic heterocycles. The normalized spacial score (nSPS) is 10.3. The summed E-state index contributed by atoms with van der Waals surface area (Å²) in [6.07, 6.45) is -0.575. The van der Waals surface area contributed by atoms with E-state index in [2.05, 4.69) is 5.32 Å².